The highest BCUT2D eigenvalue weighted by atomic mass is 127. The molecule has 42 nitrogen and oxygen atoms in total. The first kappa shape index (κ1) is 112. The number of aromatic nitrogens is 28. The van der Waals surface area contributed by atoms with Crippen molar-refractivity contribution in [3.63, 3.8) is 0 Å². The average molecular weight is 2350 g/mol. The van der Waals surface area contributed by atoms with Gasteiger partial charge in [0.05, 0.1) is 176 Å². The lowest BCUT2D eigenvalue weighted by Gasteiger charge is -2.32. The number of hydrogen-bond donors (Lipinski definition) is 3. The number of methoxy groups -OCH3 is 4. The van der Waals surface area contributed by atoms with E-state index < -0.39 is 50.7 Å². The maximum absolute atomic E-state index is 9.98. The van der Waals surface area contributed by atoms with Crippen molar-refractivity contribution >= 4 is 196 Å². The molecule has 16 heterocycles. The number of benzene rings is 4. The number of carbonyl (C=O) groups excluding carboxylic acids is 1. The van der Waals surface area contributed by atoms with Crippen LogP contribution in [0, 0.1) is 13.3 Å². The number of primary amides is 1. The second-order valence-corrected chi connectivity index (χ2v) is 41.9. The lowest BCUT2D eigenvalue weighted by molar-refractivity contribution is -0.119. The van der Waals surface area contributed by atoms with Crippen LogP contribution in [-0.2, 0) is 83.3 Å². The minimum Gasteiger partial charge on any atom is -0.496 e. The van der Waals surface area contributed by atoms with Crippen molar-refractivity contribution in [2.45, 2.75) is 195 Å². The van der Waals surface area contributed by atoms with E-state index in [4.69, 9.17) is 113 Å². The van der Waals surface area contributed by atoms with Crippen LogP contribution in [-0.4, -0.2) is 248 Å². The maximum Gasteiger partial charge on any atom is 0.498 e. The molecule has 0 bridgehead atoms. The number of halogens is 7. The Labute approximate surface area is 894 Å². The van der Waals surface area contributed by atoms with E-state index >= 15 is 0 Å². The molecule has 5 aliphatic rings. The molecule has 21 rings (SSSR count). The largest absolute Gasteiger partial charge is 0.498 e. The topological polar surface area (TPSA) is 473 Å². The molecule has 5 fully saturated rings. The van der Waals surface area contributed by atoms with Gasteiger partial charge >= 0.3 is 28.3 Å². The van der Waals surface area contributed by atoms with Gasteiger partial charge in [0.2, 0.25) is 29.2 Å². The molecule has 0 radical (unpaired) electrons. The second-order valence-electron chi connectivity index (χ2n) is 37.4. The van der Waals surface area contributed by atoms with Gasteiger partial charge in [-0.25, -0.2) is 19.9 Å². The fourth-order valence-electron chi connectivity index (χ4n) is 14.6. The highest BCUT2D eigenvalue weighted by molar-refractivity contribution is 14.1. The van der Waals surface area contributed by atoms with E-state index in [-0.39, 0.29) is 34.2 Å². The van der Waals surface area contributed by atoms with Crippen LogP contribution in [0.4, 0.5) is 0 Å². The number of H-pyrrole nitrogens is 2. The van der Waals surface area contributed by atoms with Gasteiger partial charge in [-0.1, -0.05) is 82.8 Å². The molecule has 0 atom stereocenters. The van der Waals surface area contributed by atoms with Crippen molar-refractivity contribution in [1.29, 1.82) is 0 Å². The Balaban J connectivity index is 0.000000140. The van der Waals surface area contributed by atoms with Crippen LogP contribution >= 0.6 is 108 Å². The Hall–Kier alpha value is -10.7. The summed E-state index contributed by atoms with van der Waals surface area (Å²) in [6.07, 6.45) is 10.6. The quantitative estimate of drug-likeness (QED) is 0.0487. The van der Waals surface area contributed by atoms with Crippen LogP contribution in [0.25, 0.3) is 100 Å². The van der Waals surface area contributed by atoms with Crippen molar-refractivity contribution in [3.05, 3.63) is 161 Å². The Morgan fingerprint density at radius 3 is 1.19 bits per heavy atom. The minimum atomic E-state index is -0.508. The zero-order chi connectivity index (χ0) is 106. The number of nitrogens with zero attached hydrogens (tertiary/aromatic N) is 26. The lowest BCUT2D eigenvalue weighted by atomic mass is 9.49. The summed E-state index contributed by atoms with van der Waals surface area (Å²) in [5, 5.41) is 76.9. The molecule has 764 valence electrons. The number of aryl methyl sites for hydroxylation is 6. The van der Waals surface area contributed by atoms with Crippen LogP contribution in [0.5, 0.6) is 23.0 Å². The number of hydrogen-bond acceptors (Lipinski definition) is 33. The molecular weight excluding hydrogens is 2240 g/mol. The molecule has 145 heavy (non-hydrogen) atoms. The van der Waals surface area contributed by atoms with Crippen LogP contribution in [0.3, 0.4) is 0 Å². The van der Waals surface area contributed by atoms with Crippen LogP contribution in [0.15, 0.2) is 133 Å². The molecule has 0 unspecified atom stereocenters. The molecule has 1 aliphatic carbocycles. The molecule has 4 saturated heterocycles. The predicted octanol–water partition coefficient (Wildman–Crippen LogP) is 15.7. The molecule has 12 aromatic heterocycles. The van der Waals surface area contributed by atoms with Gasteiger partial charge in [-0.3, -0.25) is 24.4 Å². The third-order valence-electron chi connectivity index (χ3n) is 25.3. The van der Waals surface area contributed by atoms with E-state index in [0.29, 0.717) is 73.5 Å². The molecule has 4 aliphatic heterocycles. The number of tetrazole rings is 4. The summed E-state index contributed by atoms with van der Waals surface area (Å²) in [6, 6.07) is 30.2. The lowest BCUT2D eigenvalue weighted by Crippen LogP contribution is -2.41. The van der Waals surface area contributed by atoms with Crippen LogP contribution in [0.2, 0.25) is 20.6 Å². The summed E-state index contributed by atoms with van der Waals surface area (Å²) in [5.74, 6) is 4.78. The highest BCUT2D eigenvalue weighted by Gasteiger charge is 2.64. The predicted molar refractivity (Wildman–Crippen MR) is 575 cm³/mol. The van der Waals surface area contributed by atoms with Gasteiger partial charge in [-0.15, -0.1) is 40.8 Å². The van der Waals surface area contributed by atoms with Gasteiger partial charge in [-0.2, -0.15) is 39.6 Å². The molecule has 4 N–H and O–H groups in total. The van der Waals surface area contributed by atoms with Crippen molar-refractivity contribution in [2.75, 3.05) is 28.4 Å². The fourth-order valence-corrected chi connectivity index (χ4v) is 17.0. The van der Waals surface area contributed by atoms with Crippen LogP contribution in [0.1, 0.15) is 137 Å². The number of rotatable bonds is 15. The van der Waals surface area contributed by atoms with E-state index in [1.54, 1.807) is 99.7 Å². The number of pyridine rings is 4. The van der Waals surface area contributed by atoms with E-state index in [2.05, 4.69) is 175 Å². The van der Waals surface area contributed by atoms with Crippen molar-refractivity contribution in [3.8, 4) is 79.8 Å². The number of fused-ring (bicyclic) bond motifs is 4. The first-order valence-electron chi connectivity index (χ1n) is 45.7. The summed E-state index contributed by atoms with van der Waals surface area (Å²) in [6.45, 7) is 38.0. The number of para-hydroxylation sites is 4. The number of amides is 1. The number of carbonyl (C=O) groups is 1. The summed E-state index contributed by atoms with van der Waals surface area (Å²) in [7, 11) is 11.4. The zero-order valence-corrected chi connectivity index (χ0v) is 93.9. The average Bonchev–Trinajstić information content (AvgIpc) is 1.61. The standard InChI is InChI=1S/C17H16ClN7O.2C15H21BN4O3.C12H24B2O4.C9H9BrN4O.C8H7ClIN3.C6H3ClIN3.C6H4ClN3.C4H7NO/c1-4-25-13-9-19-14(18)8-12(13)15(21-25)10-6-5-7-11(16(10)26-3)17-20-23-24(2)22-17;2*1-14(2)15(3,4)23-16(22-14)11-9-7-8-10(12(11)21-6)13-17-19-20(5)18-13;1-9(2)10(3,4)16-13(15-9)14-17-11(5,6)12(7,8)18-14;1-14-12-9(11-13-14)6-4-3-5-7(10)8(6)15-2;1-2-13-6-4-11-7(9)3-5(6)8(10)12-13;7-5-1-3-4(2-9-5)10-11-6(3)8;7-6-1-4-2-9-10-5(4)3-8-6;5-4(6)3-1-2-3/h5-9H,4H2,1-3H3;2*7-9H,1-6H3;1-8H3;3-5H,1-2H3;3-4H,2H2,1H3;1-2H,(H,10,11);1-3H,(H,9,10);3H,1-2H2,(H2,5,6). The minimum absolute atomic E-state index is 0.130. The highest BCUT2D eigenvalue weighted by Crippen LogP contribution is 2.46. The third-order valence-corrected chi connectivity index (χ3v) is 28.4. The Morgan fingerprint density at radius 2 is 0.793 bits per heavy atom. The summed E-state index contributed by atoms with van der Waals surface area (Å²) < 4.78 is 77.2. The Kier molecular flexibility index (Phi) is 35.4. The number of ether oxygens (including phenoxy) is 4. The third kappa shape index (κ3) is 25.7. The second kappa shape index (κ2) is 46.0. The summed E-state index contributed by atoms with van der Waals surface area (Å²) >= 11 is 31.0. The first-order chi connectivity index (χ1) is 68.4. The number of nitrogens with two attached hydrogens (primary N) is 1. The number of nitrogens with one attached hydrogen (secondary N) is 2. The van der Waals surface area contributed by atoms with Crippen molar-refractivity contribution in [1.82, 2.24) is 141 Å². The van der Waals surface area contributed by atoms with Gasteiger partial charge in [0, 0.05) is 57.0 Å². The molecule has 1 amide bonds. The van der Waals surface area contributed by atoms with Crippen molar-refractivity contribution in [2.24, 2.45) is 39.8 Å². The van der Waals surface area contributed by atoms with Crippen molar-refractivity contribution < 1.29 is 61.0 Å². The van der Waals surface area contributed by atoms with E-state index in [9.17, 15) is 4.79 Å². The van der Waals surface area contributed by atoms with Gasteiger partial charge in [0.15, 0.2) is 0 Å². The maximum atomic E-state index is 9.98. The SMILES string of the molecule is CC1(C)OB(B2OC(C)(C)C(C)(C)O2)OC1(C)C.CCn1nc(-c2cccc(-c3nnn(C)n3)c2OC)c2cc(Cl)ncc21.CCn1nc(I)c2cc(Cl)ncc21.COc1c(B2OC(C)(C)C(C)(C)O2)cccc1-c1nnn(C)n1.COc1c(B2OC(C)(C)C(C)(C)O2)cccc1-c1nnn(C)n1.COc1c(Br)cccc1-c1nnn(C)n1.Clc1cc2c(I)[nH]nc2cn1.Clc1cc2cn[nH]c2cn1.NC(=O)C1CC1. The van der Waals surface area contributed by atoms with Gasteiger partial charge in [0.1, 0.15) is 62.2 Å². The van der Waals surface area contributed by atoms with Gasteiger partial charge in [0.25, 0.3) is 0 Å². The zero-order valence-electron chi connectivity index (χ0n) is 85.0. The molecule has 1 saturated carbocycles. The molecule has 53 heteroatoms. The molecular formula is C92H112B4BrCl4I2N29O13. The van der Waals surface area contributed by atoms with Crippen LogP contribution < -0.4 is 35.6 Å². The van der Waals surface area contributed by atoms with Gasteiger partial charge in [-0.05, 0) is 280 Å². The van der Waals surface area contributed by atoms with E-state index in [0.717, 1.165) is 119 Å². The van der Waals surface area contributed by atoms with E-state index in [1.165, 1.54) is 19.2 Å². The summed E-state index contributed by atoms with van der Waals surface area (Å²) in [5.41, 5.74) is 11.8. The first-order valence-corrected chi connectivity index (χ1v) is 50.2. The molecule has 4 aromatic carbocycles. The normalized spacial score (nSPS) is 16.5. The Bertz CT molecular complexity index is 7020. The monoisotopic (exact) mass is 2350 g/mol. The molecule has 16 aromatic rings. The Morgan fingerprint density at radius 1 is 0.441 bits per heavy atom. The smallest absolute Gasteiger partial charge is 0.496 e. The number of aromatic amines is 2. The van der Waals surface area contributed by atoms with E-state index in [1.807, 2.05) is 212 Å². The van der Waals surface area contributed by atoms with Gasteiger partial charge < -0.3 is 61.9 Å². The molecule has 0 spiro atoms. The summed E-state index contributed by atoms with van der Waals surface area (Å²) in [4.78, 5) is 31.6. The fraction of sp³-hybridized carbons (Fsp3) is 0.424.